The molecule has 2 aliphatic heterocycles. The lowest BCUT2D eigenvalue weighted by atomic mass is 9.93. The van der Waals surface area contributed by atoms with Crippen molar-refractivity contribution in [2.75, 3.05) is 32.8 Å². The van der Waals surface area contributed by atoms with Crippen LogP contribution in [0, 0.1) is 5.92 Å². The molecular formula is C15H28N2O2. The lowest BCUT2D eigenvalue weighted by Gasteiger charge is -2.43. The van der Waals surface area contributed by atoms with Gasteiger partial charge in [-0.05, 0) is 45.4 Å². The Labute approximate surface area is 116 Å². The number of hydrogen-bond donors (Lipinski definition) is 1. The van der Waals surface area contributed by atoms with Crippen LogP contribution >= 0.6 is 0 Å². The van der Waals surface area contributed by atoms with Crippen molar-refractivity contribution in [3.63, 3.8) is 0 Å². The van der Waals surface area contributed by atoms with Crippen LogP contribution in [0.4, 0.5) is 0 Å². The van der Waals surface area contributed by atoms with Gasteiger partial charge in [-0.3, -0.25) is 4.79 Å². The molecule has 0 bridgehead atoms. The summed E-state index contributed by atoms with van der Waals surface area (Å²) < 4.78 is 5.37. The largest absolute Gasteiger partial charge is 0.381 e. The summed E-state index contributed by atoms with van der Waals surface area (Å²) in [5.74, 6) is 1.11. The molecule has 0 spiro atoms. The number of rotatable bonds is 4. The van der Waals surface area contributed by atoms with Gasteiger partial charge in [0.25, 0.3) is 0 Å². The Morgan fingerprint density at radius 3 is 2.79 bits per heavy atom. The molecule has 0 aromatic carbocycles. The van der Waals surface area contributed by atoms with E-state index in [2.05, 4.69) is 24.1 Å². The second-order valence-electron chi connectivity index (χ2n) is 6.48. The Balaban J connectivity index is 1.71. The first kappa shape index (κ1) is 14.8. The molecule has 4 nitrogen and oxygen atoms in total. The van der Waals surface area contributed by atoms with Crippen LogP contribution < -0.4 is 5.32 Å². The SMILES string of the molecule is CC1(C)CNCCN1C(=O)CCCC1CCOCC1. The molecule has 2 heterocycles. The third-order valence-electron chi connectivity index (χ3n) is 4.45. The molecule has 0 aromatic heterocycles. The van der Waals surface area contributed by atoms with E-state index in [1.807, 2.05) is 0 Å². The van der Waals surface area contributed by atoms with E-state index >= 15 is 0 Å². The average Bonchev–Trinajstić information content (AvgIpc) is 2.39. The zero-order valence-corrected chi connectivity index (χ0v) is 12.4. The molecular weight excluding hydrogens is 240 g/mol. The van der Waals surface area contributed by atoms with Crippen LogP contribution in [0.2, 0.25) is 0 Å². The van der Waals surface area contributed by atoms with Crippen molar-refractivity contribution < 1.29 is 9.53 Å². The summed E-state index contributed by atoms with van der Waals surface area (Å²) in [4.78, 5) is 14.4. The number of piperazine rings is 1. The number of carbonyl (C=O) groups excluding carboxylic acids is 1. The highest BCUT2D eigenvalue weighted by Gasteiger charge is 2.32. The van der Waals surface area contributed by atoms with Crippen LogP contribution in [0.15, 0.2) is 0 Å². The summed E-state index contributed by atoms with van der Waals surface area (Å²) in [5, 5.41) is 3.36. The van der Waals surface area contributed by atoms with Gasteiger partial charge < -0.3 is 15.0 Å². The standard InChI is InChI=1S/C15H28N2O2/c1-15(2)12-16-8-9-17(15)14(18)5-3-4-13-6-10-19-11-7-13/h13,16H,3-12H2,1-2H3. The number of carbonyl (C=O) groups is 1. The Kier molecular flexibility index (Phi) is 5.22. The van der Waals surface area contributed by atoms with Crippen LogP contribution in [0.1, 0.15) is 46.0 Å². The summed E-state index contributed by atoms with van der Waals surface area (Å²) in [5.41, 5.74) is -0.0337. The van der Waals surface area contributed by atoms with Crippen molar-refractivity contribution in [3.05, 3.63) is 0 Å². The molecule has 0 radical (unpaired) electrons. The van der Waals surface area contributed by atoms with Crippen molar-refractivity contribution in [1.29, 1.82) is 0 Å². The number of amides is 1. The highest BCUT2D eigenvalue weighted by atomic mass is 16.5. The predicted molar refractivity (Wildman–Crippen MR) is 76.1 cm³/mol. The Hall–Kier alpha value is -0.610. The molecule has 2 rings (SSSR count). The Morgan fingerprint density at radius 1 is 1.37 bits per heavy atom. The molecule has 0 saturated carbocycles. The molecule has 110 valence electrons. The highest BCUT2D eigenvalue weighted by Crippen LogP contribution is 2.22. The number of nitrogens with zero attached hydrogens (tertiary/aromatic N) is 1. The van der Waals surface area contributed by atoms with Gasteiger partial charge in [0.2, 0.25) is 5.91 Å². The van der Waals surface area contributed by atoms with Gasteiger partial charge in [-0.15, -0.1) is 0 Å². The fourth-order valence-corrected chi connectivity index (χ4v) is 3.16. The minimum absolute atomic E-state index is 0.0337. The Bertz CT molecular complexity index is 299. The monoisotopic (exact) mass is 268 g/mol. The van der Waals surface area contributed by atoms with Crippen LogP contribution in [-0.4, -0.2) is 49.2 Å². The van der Waals surface area contributed by atoms with Crippen molar-refractivity contribution >= 4 is 5.91 Å². The van der Waals surface area contributed by atoms with E-state index in [0.717, 1.165) is 45.2 Å². The predicted octanol–water partition coefficient (Wildman–Crippen LogP) is 1.79. The first-order chi connectivity index (χ1) is 9.09. The fraction of sp³-hybridized carbons (Fsp3) is 0.933. The summed E-state index contributed by atoms with van der Waals surface area (Å²) in [6.07, 6.45) is 5.27. The smallest absolute Gasteiger partial charge is 0.223 e. The first-order valence-corrected chi connectivity index (χ1v) is 7.68. The van der Waals surface area contributed by atoms with E-state index in [0.29, 0.717) is 12.3 Å². The zero-order valence-electron chi connectivity index (χ0n) is 12.4. The minimum atomic E-state index is -0.0337. The molecule has 2 saturated heterocycles. The second-order valence-corrected chi connectivity index (χ2v) is 6.48. The molecule has 0 aromatic rings. The molecule has 4 heteroatoms. The summed E-state index contributed by atoms with van der Waals surface area (Å²) in [6, 6.07) is 0. The second kappa shape index (κ2) is 6.71. The van der Waals surface area contributed by atoms with Crippen LogP contribution in [0.5, 0.6) is 0 Å². The third-order valence-corrected chi connectivity index (χ3v) is 4.45. The lowest BCUT2D eigenvalue weighted by molar-refractivity contribution is -0.137. The molecule has 1 N–H and O–H groups in total. The molecule has 2 fully saturated rings. The summed E-state index contributed by atoms with van der Waals surface area (Å²) >= 11 is 0. The average molecular weight is 268 g/mol. The van der Waals surface area contributed by atoms with Gasteiger partial charge in [0.15, 0.2) is 0 Å². The maximum atomic E-state index is 12.3. The van der Waals surface area contributed by atoms with Gasteiger partial charge in [0, 0.05) is 44.8 Å². The molecule has 19 heavy (non-hydrogen) atoms. The molecule has 0 unspecified atom stereocenters. The van der Waals surface area contributed by atoms with Crippen molar-refractivity contribution in [2.45, 2.75) is 51.5 Å². The van der Waals surface area contributed by atoms with Crippen LogP contribution in [0.3, 0.4) is 0 Å². The molecule has 0 atom stereocenters. The molecule has 1 amide bonds. The third kappa shape index (κ3) is 4.18. The van der Waals surface area contributed by atoms with Crippen molar-refractivity contribution in [2.24, 2.45) is 5.92 Å². The van der Waals surface area contributed by atoms with Gasteiger partial charge in [-0.2, -0.15) is 0 Å². The van der Waals surface area contributed by atoms with E-state index in [4.69, 9.17) is 4.74 Å². The zero-order chi connectivity index (χ0) is 13.7. The molecule has 2 aliphatic rings. The van der Waals surface area contributed by atoms with Crippen molar-refractivity contribution in [3.8, 4) is 0 Å². The number of nitrogens with one attached hydrogen (secondary N) is 1. The van der Waals surface area contributed by atoms with E-state index in [1.165, 1.54) is 19.3 Å². The highest BCUT2D eigenvalue weighted by molar-refractivity contribution is 5.77. The fourth-order valence-electron chi connectivity index (χ4n) is 3.16. The first-order valence-electron chi connectivity index (χ1n) is 7.68. The Morgan fingerprint density at radius 2 is 2.11 bits per heavy atom. The van der Waals surface area contributed by atoms with Gasteiger partial charge >= 0.3 is 0 Å². The summed E-state index contributed by atoms with van der Waals surface area (Å²) in [6.45, 7) is 8.79. The number of hydrogen-bond acceptors (Lipinski definition) is 3. The van der Waals surface area contributed by atoms with E-state index < -0.39 is 0 Å². The van der Waals surface area contributed by atoms with Gasteiger partial charge in [-0.1, -0.05) is 0 Å². The van der Waals surface area contributed by atoms with Crippen molar-refractivity contribution in [1.82, 2.24) is 10.2 Å². The quantitative estimate of drug-likeness (QED) is 0.845. The van der Waals surface area contributed by atoms with Gasteiger partial charge in [-0.25, -0.2) is 0 Å². The van der Waals surface area contributed by atoms with Gasteiger partial charge in [0.1, 0.15) is 0 Å². The number of ether oxygens (including phenoxy) is 1. The van der Waals surface area contributed by atoms with Crippen LogP contribution in [0.25, 0.3) is 0 Å². The normalized spacial score (nSPS) is 24.4. The van der Waals surface area contributed by atoms with E-state index in [9.17, 15) is 4.79 Å². The maximum absolute atomic E-state index is 12.3. The molecule has 0 aliphatic carbocycles. The van der Waals surface area contributed by atoms with E-state index in [1.54, 1.807) is 0 Å². The summed E-state index contributed by atoms with van der Waals surface area (Å²) in [7, 11) is 0. The van der Waals surface area contributed by atoms with E-state index in [-0.39, 0.29) is 5.54 Å². The lowest BCUT2D eigenvalue weighted by Crippen LogP contribution is -2.59. The topological polar surface area (TPSA) is 41.6 Å². The maximum Gasteiger partial charge on any atom is 0.223 e. The minimum Gasteiger partial charge on any atom is -0.381 e. The van der Waals surface area contributed by atoms with Crippen LogP contribution in [-0.2, 0) is 9.53 Å². The van der Waals surface area contributed by atoms with Gasteiger partial charge in [0.05, 0.1) is 0 Å².